The van der Waals surface area contributed by atoms with Crippen molar-refractivity contribution in [2.24, 2.45) is 0 Å². The zero-order chi connectivity index (χ0) is 11.0. The van der Waals surface area contributed by atoms with Crippen LogP contribution in [0.15, 0.2) is 0 Å². The highest BCUT2D eigenvalue weighted by molar-refractivity contribution is 5.85. The predicted molar refractivity (Wildman–Crippen MR) is 40.9 cm³/mol. The molecule has 0 aromatic rings. The van der Waals surface area contributed by atoms with Crippen LogP contribution in [0.1, 0.15) is 0 Å². The minimum Gasteiger partial charge on any atom is -0.355 e. The summed E-state index contributed by atoms with van der Waals surface area (Å²) in [5, 5.41) is 2.51. The molecule has 0 atom stereocenters. The van der Waals surface area contributed by atoms with E-state index in [4.69, 9.17) is 0 Å². The Balaban J connectivity index is 0.00000196. The van der Waals surface area contributed by atoms with E-state index in [1.165, 1.54) is 0 Å². The van der Waals surface area contributed by atoms with Crippen molar-refractivity contribution in [3.8, 4) is 0 Å². The fourth-order valence-corrected chi connectivity index (χ4v) is 0.891. The van der Waals surface area contributed by atoms with Crippen LogP contribution in [-0.4, -0.2) is 37.7 Å². The van der Waals surface area contributed by atoms with Gasteiger partial charge in [-0.3, -0.25) is 0 Å². The van der Waals surface area contributed by atoms with Gasteiger partial charge in [-0.15, -0.1) is 12.4 Å². The lowest BCUT2D eigenvalue weighted by Crippen LogP contribution is -2.55. The molecule has 1 aliphatic rings. The van der Waals surface area contributed by atoms with Gasteiger partial charge in [0, 0.05) is 13.1 Å². The van der Waals surface area contributed by atoms with E-state index in [2.05, 4.69) is 10.1 Å². The third kappa shape index (κ3) is 4.04. The first-order valence-electron chi connectivity index (χ1n) is 3.71. The third-order valence-electron chi connectivity index (χ3n) is 1.67. The Kier molecular flexibility index (Phi) is 4.68. The highest BCUT2D eigenvalue weighted by Gasteiger charge is 2.59. The maximum absolute atomic E-state index is 11.9. The van der Waals surface area contributed by atoms with Gasteiger partial charge in [-0.1, -0.05) is 0 Å². The highest BCUT2D eigenvalue weighted by Crippen LogP contribution is 2.36. The average molecular weight is 260 g/mol. The fraction of sp³-hybridized carbons (Fsp3) is 1.00. The number of halogens is 7. The van der Waals surface area contributed by atoms with Crippen LogP contribution < -0.4 is 5.32 Å². The summed E-state index contributed by atoms with van der Waals surface area (Å²) < 4.78 is 75.1. The Hall–Kier alpha value is -0.210. The summed E-state index contributed by atoms with van der Waals surface area (Å²) in [5.41, 5.74) is 0. The van der Waals surface area contributed by atoms with Gasteiger partial charge in [0.05, 0.1) is 6.10 Å². The second-order valence-corrected chi connectivity index (χ2v) is 2.88. The minimum absolute atomic E-state index is 0. The number of hydrogen-bond donors (Lipinski definition) is 1. The third-order valence-corrected chi connectivity index (χ3v) is 1.67. The zero-order valence-electron chi connectivity index (χ0n) is 7.15. The Morgan fingerprint density at radius 3 is 1.60 bits per heavy atom. The van der Waals surface area contributed by atoms with Crippen molar-refractivity contribution in [1.29, 1.82) is 0 Å². The molecule has 1 saturated heterocycles. The van der Waals surface area contributed by atoms with Gasteiger partial charge < -0.3 is 10.1 Å². The SMILES string of the molecule is Cl.FC(F)(F)C(OC1CNC1)C(F)(F)F. The van der Waals surface area contributed by atoms with E-state index in [1.807, 2.05) is 0 Å². The molecule has 0 saturated carbocycles. The van der Waals surface area contributed by atoms with Gasteiger partial charge in [-0.25, -0.2) is 0 Å². The van der Waals surface area contributed by atoms with Crippen LogP contribution in [0.2, 0.25) is 0 Å². The Morgan fingerprint density at radius 1 is 1.00 bits per heavy atom. The number of hydrogen-bond acceptors (Lipinski definition) is 2. The topological polar surface area (TPSA) is 21.3 Å². The van der Waals surface area contributed by atoms with E-state index in [0.717, 1.165) is 0 Å². The van der Waals surface area contributed by atoms with E-state index in [9.17, 15) is 26.3 Å². The van der Waals surface area contributed by atoms with Gasteiger partial charge in [-0.05, 0) is 0 Å². The van der Waals surface area contributed by atoms with Crippen molar-refractivity contribution in [3.05, 3.63) is 0 Å². The molecule has 1 heterocycles. The normalized spacial score (nSPS) is 18.6. The van der Waals surface area contributed by atoms with Gasteiger partial charge in [0.25, 0.3) is 0 Å². The van der Waals surface area contributed by atoms with Gasteiger partial charge in [0.15, 0.2) is 0 Å². The van der Waals surface area contributed by atoms with Crippen LogP contribution in [0.25, 0.3) is 0 Å². The molecule has 1 aliphatic heterocycles. The Labute approximate surface area is 87.4 Å². The van der Waals surface area contributed by atoms with E-state index >= 15 is 0 Å². The molecule has 0 radical (unpaired) electrons. The summed E-state index contributed by atoms with van der Waals surface area (Å²) in [7, 11) is 0. The van der Waals surface area contributed by atoms with Crippen molar-refractivity contribution in [3.63, 3.8) is 0 Å². The molecule has 1 rings (SSSR count). The lowest BCUT2D eigenvalue weighted by atomic mass is 10.2. The molecular weight excluding hydrogens is 252 g/mol. The maximum atomic E-state index is 11.9. The smallest absolute Gasteiger partial charge is 0.355 e. The zero-order valence-corrected chi connectivity index (χ0v) is 7.97. The van der Waals surface area contributed by atoms with Crippen LogP contribution in [0.4, 0.5) is 26.3 Å². The summed E-state index contributed by atoms with van der Waals surface area (Å²) in [6.07, 6.45) is -15.5. The predicted octanol–water partition coefficient (Wildman–Crippen LogP) is 1.89. The van der Waals surface area contributed by atoms with Crippen molar-refractivity contribution < 1.29 is 31.1 Å². The standard InChI is InChI=1S/C6H7F6NO.ClH/c7-5(8,9)4(6(10,11)12)14-3-1-13-2-3;/h3-4,13H,1-2H2;1H. The summed E-state index contributed by atoms with van der Waals surface area (Å²) in [5.74, 6) is 0. The molecule has 1 fully saturated rings. The largest absolute Gasteiger partial charge is 0.423 e. The van der Waals surface area contributed by atoms with E-state index in [-0.39, 0.29) is 25.5 Å². The van der Waals surface area contributed by atoms with Crippen LogP contribution in [0.3, 0.4) is 0 Å². The van der Waals surface area contributed by atoms with Crippen LogP contribution in [0, 0.1) is 0 Å². The minimum atomic E-state index is -5.41. The lowest BCUT2D eigenvalue weighted by Gasteiger charge is -2.33. The second-order valence-electron chi connectivity index (χ2n) is 2.88. The molecule has 0 bridgehead atoms. The molecule has 0 aliphatic carbocycles. The van der Waals surface area contributed by atoms with Crippen molar-refractivity contribution >= 4 is 12.4 Å². The van der Waals surface area contributed by atoms with Gasteiger partial charge in [-0.2, -0.15) is 26.3 Å². The summed E-state index contributed by atoms with van der Waals surface area (Å²) in [6.45, 7) is 0.0331. The van der Waals surface area contributed by atoms with Gasteiger partial charge >= 0.3 is 12.4 Å². The first-order chi connectivity index (χ1) is 6.21. The molecule has 2 nitrogen and oxygen atoms in total. The monoisotopic (exact) mass is 259 g/mol. The van der Waals surface area contributed by atoms with Crippen molar-refractivity contribution in [2.75, 3.05) is 13.1 Å². The Bertz CT molecular complexity index is 187. The van der Waals surface area contributed by atoms with Crippen molar-refractivity contribution in [1.82, 2.24) is 5.32 Å². The molecule has 0 spiro atoms. The van der Waals surface area contributed by atoms with Crippen molar-refractivity contribution in [2.45, 2.75) is 24.6 Å². The molecule has 15 heavy (non-hydrogen) atoms. The summed E-state index contributed by atoms with van der Waals surface area (Å²) in [4.78, 5) is 0. The quantitative estimate of drug-likeness (QED) is 0.765. The van der Waals surface area contributed by atoms with Crippen LogP contribution >= 0.6 is 12.4 Å². The molecule has 0 unspecified atom stereocenters. The molecule has 9 heteroatoms. The second kappa shape index (κ2) is 4.75. The average Bonchev–Trinajstić information content (AvgIpc) is 1.76. The highest BCUT2D eigenvalue weighted by atomic mass is 35.5. The lowest BCUT2D eigenvalue weighted by molar-refractivity contribution is -0.333. The summed E-state index contributed by atoms with van der Waals surface area (Å²) >= 11 is 0. The van der Waals surface area contributed by atoms with E-state index < -0.39 is 24.6 Å². The molecule has 0 amide bonds. The first-order valence-corrected chi connectivity index (χ1v) is 3.71. The first kappa shape index (κ1) is 14.8. The van der Waals surface area contributed by atoms with E-state index in [0.29, 0.717) is 0 Å². The number of nitrogens with one attached hydrogen (secondary N) is 1. The Morgan fingerprint density at radius 2 is 1.40 bits per heavy atom. The van der Waals surface area contributed by atoms with E-state index in [1.54, 1.807) is 0 Å². The van der Waals surface area contributed by atoms with Crippen LogP contribution in [0.5, 0.6) is 0 Å². The summed E-state index contributed by atoms with van der Waals surface area (Å²) in [6, 6.07) is 0. The van der Waals surface area contributed by atoms with Gasteiger partial charge in [0.2, 0.25) is 6.10 Å². The van der Waals surface area contributed by atoms with Crippen LogP contribution in [-0.2, 0) is 4.74 Å². The number of alkyl halides is 6. The number of ether oxygens (including phenoxy) is 1. The molecule has 0 aromatic heterocycles. The maximum Gasteiger partial charge on any atom is 0.423 e. The fourth-order valence-electron chi connectivity index (χ4n) is 0.891. The molecular formula is C6H8ClF6NO. The molecule has 92 valence electrons. The molecule has 1 N–H and O–H groups in total. The molecule has 0 aromatic carbocycles. The number of rotatable bonds is 2. The van der Waals surface area contributed by atoms with Gasteiger partial charge in [0.1, 0.15) is 0 Å².